The van der Waals surface area contributed by atoms with Crippen LogP contribution < -0.4 is 10.6 Å². The summed E-state index contributed by atoms with van der Waals surface area (Å²) in [6.07, 6.45) is 0.791. The van der Waals surface area contributed by atoms with E-state index in [1.807, 2.05) is 12.1 Å². The smallest absolute Gasteiger partial charge is 0.251 e. The quantitative estimate of drug-likeness (QED) is 0.597. The lowest BCUT2D eigenvalue weighted by Crippen LogP contribution is -2.53. The van der Waals surface area contributed by atoms with E-state index in [2.05, 4.69) is 22.8 Å². The summed E-state index contributed by atoms with van der Waals surface area (Å²) in [4.78, 5) is 40.4. The molecule has 2 N–H and O–H groups in total. The highest BCUT2D eigenvalue weighted by Gasteiger charge is 2.39. The first-order valence-electron chi connectivity index (χ1n) is 11.9. The van der Waals surface area contributed by atoms with E-state index >= 15 is 0 Å². The van der Waals surface area contributed by atoms with Crippen LogP contribution in [-0.2, 0) is 32.0 Å². The highest BCUT2D eigenvalue weighted by atomic mass is 19.1. The fourth-order valence-corrected chi connectivity index (χ4v) is 5.11. The number of fused-ring (bicyclic) bond motifs is 2. The van der Waals surface area contributed by atoms with Gasteiger partial charge < -0.3 is 20.3 Å². The predicted octanol–water partition coefficient (Wildman–Crippen LogP) is 2.00. The normalized spacial score (nSPS) is 21.1. The Morgan fingerprint density at radius 2 is 1.86 bits per heavy atom. The van der Waals surface area contributed by atoms with E-state index in [-0.39, 0.29) is 36.4 Å². The molecule has 7 nitrogen and oxygen atoms in total. The van der Waals surface area contributed by atoms with Gasteiger partial charge in [0.2, 0.25) is 11.8 Å². The lowest BCUT2D eigenvalue weighted by Gasteiger charge is -2.36. The van der Waals surface area contributed by atoms with Gasteiger partial charge >= 0.3 is 0 Å². The van der Waals surface area contributed by atoms with Gasteiger partial charge in [0.15, 0.2) is 6.10 Å². The van der Waals surface area contributed by atoms with E-state index in [9.17, 15) is 18.8 Å². The molecule has 2 aliphatic heterocycles. The van der Waals surface area contributed by atoms with Gasteiger partial charge in [-0.1, -0.05) is 42.5 Å². The molecule has 0 bridgehead atoms. The van der Waals surface area contributed by atoms with Gasteiger partial charge in [0, 0.05) is 32.5 Å². The number of epoxide rings is 1. The number of likely N-dealkylation sites (N-methyl/N-ethyl adjacent to an activating group) is 1. The van der Waals surface area contributed by atoms with E-state index in [4.69, 9.17) is 4.74 Å². The lowest BCUT2D eigenvalue weighted by atomic mass is 9.92. The van der Waals surface area contributed by atoms with Crippen LogP contribution in [0.1, 0.15) is 29.5 Å². The zero-order valence-corrected chi connectivity index (χ0v) is 19.6. The molecule has 2 aromatic carbocycles. The average molecular weight is 478 g/mol. The molecule has 182 valence electrons. The molecule has 1 saturated heterocycles. The molecule has 0 saturated carbocycles. The minimum absolute atomic E-state index is 0.0458. The first-order valence-corrected chi connectivity index (χ1v) is 11.9. The van der Waals surface area contributed by atoms with Crippen molar-refractivity contribution in [2.24, 2.45) is 0 Å². The van der Waals surface area contributed by atoms with Crippen molar-refractivity contribution in [2.75, 3.05) is 20.2 Å². The molecule has 8 heteroatoms. The molecule has 1 aliphatic carbocycles. The van der Waals surface area contributed by atoms with E-state index in [0.717, 1.165) is 23.1 Å². The summed E-state index contributed by atoms with van der Waals surface area (Å²) in [7, 11) is 1.56. The summed E-state index contributed by atoms with van der Waals surface area (Å²) < 4.78 is 19.4. The summed E-state index contributed by atoms with van der Waals surface area (Å²) in [5, 5.41) is 5.54. The molecule has 2 aromatic rings. The van der Waals surface area contributed by atoms with Gasteiger partial charge in [-0.25, -0.2) is 4.39 Å². The second kappa shape index (κ2) is 9.62. The Morgan fingerprint density at radius 3 is 2.60 bits per heavy atom. The van der Waals surface area contributed by atoms with E-state index in [1.54, 1.807) is 30.1 Å². The standard InChI is InChI=1S/C27H28FN3O4/c1-29-26(33)23-13-21-18(10-16-6-2-4-8-20(16)21)14-31(23)25(32)12-19(30-27(34)24-15-35-24)11-17-7-3-5-9-22(17)28/h2-9,19,23-24H,10-15H2,1H3,(H,29,33)(H,30,34)/t19-,23-,24?/m1/s1. The first-order chi connectivity index (χ1) is 16.9. The predicted molar refractivity (Wildman–Crippen MR) is 128 cm³/mol. The van der Waals surface area contributed by atoms with E-state index in [1.165, 1.54) is 11.6 Å². The van der Waals surface area contributed by atoms with Crippen LogP contribution in [0, 0.1) is 5.82 Å². The number of nitrogens with one attached hydrogen (secondary N) is 2. The summed E-state index contributed by atoms with van der Waals surface area (Å²) in [6.45, 7) is 0.696. The Hall–Kier alpha value is -3.52. The Bertz CT molecular complexity index is 1210. The number of benzene rings is 2. The molecule has 3 aliphatic rings. The lowest BCUT2D eigenvalue weighted by molar-refractivity contribution is -0.140. The fourth-order valence-electron chi connectivity index (χ4n) is 5.11. The maximum Gasteiger partial charge on any atom is 0.251 e. The Kier molecular flexibility index (Phi) is 6.38. The van der Waals surface area contributed by atoms with Crippen molar-refractivity contribution in [3.8, 4) is 0 Å². The van der Waals surface area contributed by atoms with Gasteiger partial charge in [0.05, 0.1) is 6.61 Å². The number of amides is 3. The molecule has 3 atom stereocenters. The number of halogens is 1. The van der Waals surface area contributed by atoms with Gasteiger partial charge in [-0.3, -0.25) is 14.4 Å². The number of hydrogen-bond acceptors (Lipinski definition) is 4. The van der Waals surface area contributed by atoms with E-state index < -0.39 is 18.2 Å². The van der Waals surface area contributed by atoms with Gasteiger partial charge in [-0.05, 0) is 46.7 Å². The Balaban J connectivity index is 1.37. The SMILES string of the molecule is CNC(=O)[C@H]1CC2=C(Cc3ccccc32)CN1C(=O)C[C@@H](Cc1ccccc1F)NC(=O)C1CO1. The zero-order chi connectivity index (χ0) is 24.5. The van der Waals surface area contributed by atoms with Crippen LogP contribution in [0.3, 0.4) is 0 Å². The third-order valence-corrected chi connectivity index (χ3v) is 6.99. The van der Waals surface area contributed by atoms with Crippen LogP contribution in [0.25, 0.3) is 5.57 Å². The molecule has 35 heavy (non-hydrogen) atoms. The third-order valence-electron chi connectivity index (χ3n) is 6.99. The molecule has 0 spiro atoms. The molecule has 5 rings (SSSR count). The topological polar surface area (TPSA) is 91.0 Å². The van der Waals surface area contributed by atoms with Crippen LogP contribution in [0.15, 0.2) is 54.1 Å². The van der Waals surface area contributed by atoms with Crippen molar-refractivity contribution < 1.29 is 23.5 Å². The minimum Gasteiger partial charge on any atom is -0.363 e. The Labute approximate surface area is 203 Å². The van der Waals surface area contributed by atoms with Crippen LogP contribution in [0.5, 0.6) is 0 Å². The second-order valence-electron chi connectivity index (χ2n) is 9.30. The number of hydrogen-bond donors (Lipinski definition) is 2. The summed E-state index contributed by atoms with van der Waals surface area (Å²) in [5.74, 6) is -1.17. The molecule has 1 fully saturated rings. The number of rotatable bonds is 7. The Morgan fingerprint density at radius 1 is 1.11 bits per heavy atom. The average Bonchev–Trinajstić information content (AvgIpc) is 3.65. The van der Waals surface area contributed by atoms with Gasteiger partial charge in [-0.15, -0.1) is 0 Å². The van der Waals surface area contributed by atoms with E-state index in [0.29, 0.717) is 25.1 Å². The van der Waals surface area contributed by atoms with Crippen molar-refractivity contribution in [1.82, 2.24) is 15.5 Å². The minimum atomic E-state index is -0.644. The number of carbonyl (C=O) groups is 3. The monoisotopic (exact) mass is 477 g/mol. The van der Waals surface area contributed by atoms with Crippen molar-refractivity contribution in [3.63, 3.8) is 0 Å². The van der Waals surface area contributed by atoms with Crippen LogP contribution in [-0.4, -0.2) is 61.0 Å². The second-order valence-corrected chi connectivity index (χ2v) is 9.30. The highest BCUT2D eigenvalue weighted by molar-refractivity contribution is 5.93. The molecule has 2 heterocycles. The molecular weight excluding hydrogens is 449 g/mol. The summed E-state index contributed by atoms with van der Waals surface area (Å²) >= 11 is 0. The van der Waals surface area contributed by atoms with Crippen molar-refractivity contribution in [3.05, 3.63) is 76.6 Å². The van der Waals surface area contributed by atoms with Crippen LogP contribution in [0.2, 0.25) is 0 Å². The summed E-state index contributed by atoms with van der Waals surface area (Å²) in [5.41, 5.74) is 5.05. The fraction of sp³-hybridized carbons (Fsp3) is 0.370. The van der Waals surface area contributed by atoms with Crippen LogP contribution in [0.4, 0.5) is 4.39 Å². The highest BCUT2D eigenvalue weighted by Crippen LogP contribution is 2.40. The molecule has 0 radical (unpaired) electrons. The third kappa shape index (κ3) is 4.84. The van der Waals surface area contributed by atoms with Crippen molar-refractivity contribution >= 4 is 23.3 Å². The summed E-state index contributed by atoms with van der Waals surface area (Å²) in [6, 6.07) is 13.2. The number of nitrogens with zero attached hydrogens (tertiary/aromatic N) is 1. The molecule has 3 amide bonds. The molecular formula is C27H28FN3O4. The van der Waals surface area contributed by atoms with Gasteiger partial charge in [-0.2, -0.15) is 0 Å². The number of ether oxygens (including phenoxy) is 1. The zero-order valence-electron chi connectivity index (χ0n) is 19.6. The molecule has 1 unspecified atom stereocenters. The van der Waals surface area contributed by atoms with Gasteiger partial charge in [0.1, 0.15) is 11.9 Å². The molecule has 0 aromatic heterocycles. The first kappa shape index (κ1) is 23.2. The maximum absolute atomic E-state index is 14.3. The number of carbonyl (C=O) groups excluding carboxylic acids is 3. The largest absolute Gasteiger partial charge is 0.363 e. The van der Waals surface area contributed by atoms with Crippen molar-refractivity contribution in [2.45, 2.75) is 43.9 Å². The van der Waals surface area contributed by atoms with Gasteiger partial charge in [0.25, 0.3) is 5.91 Å². The van der Waals surface area contributed by atoms with Crippen LogP contribution >= 0.6 is 0 Å². The van der Waals surface area contributed by atoms with Crippen molar-refractivity contribution in [1.29, 1.82) is 0 Å². The maximum atomic E-state index is 14.3.